The lowest BCUT2D eigenvalue weighted by Gasteiger charge is -2.24. The second-order valence-corrected chi connectivity index (χ2v) is 6.90. The van der Waals surface area contributed by atoms with Crippen LogP contribution >= 0.6 is 0 Å². The summed E-state index contributed by atoms with van der Waals surface area (Å²) in [4.78, 5) is 19.3. The van der Waals surface area contributed by atoms with E-state index in [-0.39, 0.29) is 12.3 Å². The van der Waals surface area contributed by atoms with Gasteiger partial charge in [-0.1, -0.05) is 36.4 Å². The Balaban J connectivity index is 1.82. The number of carbonyl (C=O) groups excluding carboxylic acids is 1. The number of methoxy groups -OCH3 is 2. The van der Waals surface area contributed by atoms with E-state index in [0.29, 0.717) is 24.6 Å². The van der Waals surface area contributed by atoms with Gasteiger partial charge >= 0.3 is 0 Å². The van der Waals surface area contributed by atoms with Crippen molar-refractivity contribution < 1.29 is 14.3 Å². The summed E-state index contributed by atoms with van der Waals surface area (Å²) in [5, 5.41) is 0. The molecule has 2 aromatic carbocycles. The van der Waals surface area contributed by atoms with Crippen molar-refractivity contribution in [3.8, 4) is 11.5 Å². The van der Waals surface area contributed by atoms with Crippen LogP contribution in [0.2, 0.25) is 0 Å². The highest BCUT2D eigenvalue weighted by Crippen LogP contribution is 2.28. The van der Waals surface area contributed by atoms with Crippen LogP contribution in [0, 0.1) is 6.92 Å². The summed E-state index contributed by atoms with van der Waals surface area (Å²) >= 11 is 0. The van der Waals surface area contributed by atoms with Crippen molar-refractivity contribution in [3.63, 3.8) is 0 Å². The molecule has 0 aliphatic heterocycles. The zero-order chi connectivity index (χ0) is 20.6. The van der Waals surface area contributed by atoms with Gasteiger partial charge in [0.2, 0.25) is 5.91 Å². The van der Waals surface area contributed by atoms with E-state index in [0.717, 1.165) is 16.7 Å². The van der Waals surface area contributed by atoms with Crippen LogP contribution in [0.25, 0.3) is 0 Å². The molecule has 150 valence electrons. The van der Waals surface area contributed by atoms with Gasteiger partial charge in [0.05, 0.1) is 20.6 Å². The first-order valence-corrected chi connectivity index (χ1v) is 9.52. The predicted octanol–water partition coefficient (Wildman–Crippen LogP) is 4.18. The van der Waals surface area contributed by atoms with Crippen molar-refractivity contribution in [3.05, 3.63) is 89.2 Å². The van der Waals surface area contributed by atoms with Gasteiger partial charge in [-0.15, -0.1) is 0 Å². The molecule has 5 heteroatoms. The van der Waals surface area contributed by atoms with Crippen molar-refractivity contribution in [1.29, 1.82) is 0 Å². The first-order valence-electron chi connectivity index (χ1n) is 9.52. The molecule has 0 atom stereocenters. The normalized spacial score (nSPS) is 10.4. The molecule has 5 nitrogen and oxygen atoms in total. The third kappa shape index (κ3) is 5.35. The number of amides is 1. The lowest BCUT2D eigenvalue weighted by Crippen LogP contribution is -2.31. The smallest absolute Gasteiger partial charge is 0.227 e. The molecule has 1 aromatic heterocycles. The van der Waals surface area contributed by atoms with Gasteiger partial charge in [0.15, 0.2) is 11.5 Å². The summed E-state index contributed by atoms with van der Waals surface area (Å²) in [5.41, 5.74) is 4.19. The molecular formula is C24H26N2O3. The van der Waals surface area contributed by atoms with Crippen molar-refractivity contribution >= 4 is 5.91 Å². The predicted molar refractivity (Wildman–Crippen MR) is 113 cm³/mol. The molecule has 29 heavy (non-hydrogen) atoms. The molecule has 0 saturated carbocycles. The van der Waals surface area contributed by atoms with E-state index < -0.39 is 0 Å². The second-order valence-electron chi connectivity index (χ2n) is 6.90. The lowest BCUT2D eigenvalue weighted by atomic mass is 10.1. The topological polar surface area (TPSA) is 51.7 Å². The number of hydrogen-bond acceptors (Lipinski definition) is 4. The average Bonchev–Trinajstić information content (AvgIpc) is 2.75. The Morgan fingerprint density at radius 2 is 1.72 bits per heavy atom. The maximum atomic E-state index is 13.2. The summed E-state index contributed by atoms with van der Waals surface area (Å²) in [6.07, 6.45) is 3.82. The van der Waals surface area contributed by atoms with E-state index in [1.54, 1.807) is 26.6 Å². The average molecular weight is 390 g/mol. The minimum atomic E-state index is 0.0457. The second kappa shape index (κ2) is 9.73. The summed E-state index contributed by atoms with van der Waals surface area (Å²) in [6.45, 7) is 3.12. The fraction of sp³-hybridized carbons (Fsp3) is 0.250. The number of pyridine rings is 1. The van der Waals surface area contributed by atoms with Crippen LogP contribution in [0.5, 0.6) is 11.5 Å². The van der Waals surface area contributed by atoms with Crippen LogP contribution in [0.4, 0.5) is 0 Å². The highest BCUT2D eigenvalue weighted by atomic mass is 16.5. The quantitative estimate of drug-likeness (QED) is 0.579. The summed E-state index contributed by atoms with van der Waals surface area (Å²) < 4.78 is 10.7. The third-order valence-electron chi connectivity index (χ3n) is 4.87. The molecule has 0 aliphatic carbocycles. The van der Waals surface area contributed by atoms with Gasteiger partial charge in [-0.05, 0) is 47.4 Å². The van der Waals surface area contributed by atoms with Gasteiger partial charge in [0.1, 0.15) is 0 Å². The van der Waals surface area contributed by atoms with E-state index in [1.165, 1.54) is 5.56 Å². The molecular weight excluding hydrogens is 364 g/mol. The number of carbonyl (C=O) groups is 1. The van der Waals surface area contributed by atoms with Crippen LogP contribution in [0.1, 0.15) is 22.3 Å². The third-order valence-corrected chi connectivity index (χ3v) is 4.87. The van der Waals surface area contributed by atoms with Crippen molar-refractivity contribution in [2.75, 3.05) is 14.2 Å². The number of nitrogens with zero attached hydrogens (tertiary/aromatic N) is 2. The molecule has 3 aromatic rings. The number of aromatic nitrogens is 1. The standard InChI is InChI=1S/C24H26N2O3/c1-18-7-4-5-9-21(18)17-26(16-20-8-6-12-25-15-20)24(27)14-19-10-11-22(28-2)23(13-19)29-3/h4-13,15H,14,16-17H2,1-3H3. The largest absolute Gasteiger partial charge is 0.493 e. The zero-order valence-electron chi connectivity index (χ0n) is 17.1. The number of aryl methyl sites for hydroxylation is 1. The van der Waals surface area contributed by atoms with E-state index >= 15 is 0 Å². The van der Waals surface area contributed by atoms with Crippen LogP contribution in [0.3, 0.4) is 0 Å². The maximum absolute atomic E-state index is 13.2. The first kappa shape index (κ1) is 20.4. The molecule has 0 N–H and O–H groups in total. The van der Waals surface area contributed by atoms with E-state index in [2.05, 4.69) is 24.0 Å². The lowest BCUT2D eigenvalue weighted by molar-refractivity contribution is -0.131. The van der Waals surface area contributed by atoms with Crippen molar-refractivity contribution in [1.82, 2.24) is 9.88 Å². The van der Waals surface area contributed by atoms with Gasteiger partial charge in [0, 0.05) is 25.5 Å². The molecule has 0 spiro atoms. The van der Waals surface area contributed by atoms with Crippen LogP contribution in [-0.2, 0) is 24.3 Å². The van der Waals surface area contributed by atoms with Crippen LogP contribution in [0.15, 0.2) is 67.0 Å². The molecule has 0 bridgehead atoms. The Morgan fingerprint density at radius 3 is 2.41 bits per heavy atom. The van der Waals surface area contributed by atoms with Gasteiger partial charge in [-0.2, -0.15) is 0 Å². The number of hydrogen-bond donors (Lipinski definition) is 0. The summed E-state index contributed by atoms with van der Waals surface area (Å²) in [6, 6.07) is 17.6. The Hall–Kier alpha value is -3.34. The van der Waals surface area contributed by atoms with E-state index in [4.69, 9.17) is 9.47 Å². The number of rotatable bonds is 8. The molecule has 0 saturated heterocycles. The number of benzene rings is 2. The van der Waals surface area contributed by atoms with Gasteiger partial charge in [-0.25, -0.2) is 0 Å². The SMILES string of the molecule is COc1ccc(CC(=O)N(Cc2cccnc2)Cc2ccccc2C)cc1OC. The van der Waals surface area contributed by atoms with Gasteiger partial charge in [-0.3, -0.25) is 9.78 Å². The maximum Gasteiger partial charge on any atom is 0.227 e. The fourth-order valence-electron chi connectivity index (χ4n) is 3.21. The molecule has 0 unspecified atom stereocenters. The zero-order valence-corrected chi connectivity index (χ0v) is 17.1. The number of ether oxygens (including phenoxy) is 2. The molecule has 1 amide bonds. The van der Waals surface area contributed by atoms with Crippen LogP contribution in [-0.4, -0.2) is 30.0 Å². The van der Waals surface area contributed by atoms with E-state index in [9.17, 15) is 4.79 Å². The Bertz CT molecular complexity index is 957. The van der Waals surface area contributed by atoms with Gasteiger partial charge < -0.3 is 14.4 Å². The van der Waals surface area contributed by atoms with Crippen molar-refractivity contribution in [2.24, 2.45) is 0 Å². The Kier molecular flexibility index (Phi) is 6.85. The molecule has 0 radical (unpaired) electrons. The van der Waals surface area contributed by atoms with E-state index in [1.807, 2.05) is 47.4 Å². The first-order chi connectivity index (χ1) is 14.1. The summed E-state index contributed by atoms with van der Waals surface area (Å²) in [5.74, 6) is 1.32. The van der Waals surface area contributed by atoms with Crippen LogP contribution < -0.4 is 9.47 Å². The highest BCUT2D eigenvalue weighted by molar-refractivity contribution is 5.79. The highest BCUT2D eigenvalue weighted by Gasteiger charge is 2.17. The molecule has 1 heterocycles. The van der Waals surface area contributed by atoms with Crippen molar-refractivity contribution in [2.45, 2.75) is 26.4 Å². The Morgan fingerprint density at radius 1 is 0.931 bits per heavy atom. The minimum Gasteiger partial charge on any atom is -0.493 e. The molecule has 0 fully saturated rings. The fourth-order valence-corrected chi connectivity index (χ4v) is 3.21. The minimum absolute atomic E-state index is 0.0457. The molecule has 0 aliphatic rings. The monoisotopic (exact) mass is 390 g/mol. The summed E-state index contributed by atoms with van der Waals surface area (Å²) in [7, 11) is 3.19. The Labute approximate surface area is 171 Å². The molecule has 3 rings (SSSR count). The van der Waals surface area contributed by atoms with Gasteiger partial charge in [0.25, 0.3) is 0 Å².